The van der Waals surface area contributed by atoms with Crippen molar-refractivity contribution in [3.05, 3.63) is 82.9 Å². The number of hydrogen-bond donors (Lipinski definition) is 1. The molecule has 0 aliphatic carbocycles. The van der Waals surface area contributed by atoms with E-state index in [1.807, 2.05) is 43.3 Å². The normalized spacial score (nSPS) is 14.9. The van der Waals surface area contributed by atoms with Crippen molar-refractivity contribution in [2.45, 2.75) is 25.9 Å². The van der Waals surface area contributed by atoms with E-state index in [2.05, 4.69) is 29.4 Å². The third-order valence-corrected chi connectivity index (χ3v) is 6.12. The Morgan fingerprint density at radius 1 is 1.00 bits per heavy atom. The third-order valence-electron chi connectivity index (χ3n) is 5.70. The van der Waals surface area contributed by atoms with E-state index in [0.717, 1.165) is 54.1 Å². The number of hydrogen-bond acceptors (Lipinski definition) is 3. The molecule has 1 aliphatic rings. The second kappa shape index (κ2) is 9.54. The highest BCUT2D eigenvalue weighted by molar-refractivity contribution is 6.31. The molecule has 0 aromatic heterocycles. The van der Waals surface area contributed by atoms with Crippen molar-refractivity contribution in [2.24, 2.45) is 0 Å². The Balaban J connectivity index is 1.42. The molecule has 4 nitrogen and oxygen atoms in total. The van der Waals surface area contributed by atoms with E-state index in [4.69, 9.17) is 16.3 Å². The van der Waals surface area contributed by atoms with Crippen molar-refractivity contribution in [2.75, 3.05) is 25.5 Å². The Kier molecular flexibility index (Phi) is 6.59. The van der Waals surface area contributed by atoms with Crippen LogP contribution in [0, 0.1) is 6.92 Å². The maximum atomic E-state index is 12.6. The van der Waals surface area contributed by atoms with E-state index < -0.39 is 0 Å². The van der Waals surface area contributed by atoms with Gasteiger partial charge in [-0.05, 0) is 86.0 Å². The topological polar surface area (TPSA) is 41.6 Å². The number of ether oxygens (including phenoxy) is 1. The first-order valence-corrected chi connectivity index (χ1v) is 11.0. The van der Waals surface area contributed by atoms with Crippen LogP contribution in [0.2, 0.25) is 5.02 Å². The minimum absolute atomic E-state index is 0.154. The van der Waals surface area contributed by atoms with Gasteiger partial charge in [-0.2, -0.15) is 0 Å². The molecule has 1 amide bonds. The Labute approximate surface area is 188 Å². The zero-order valence-electron chi connectivity index (χ0n) is 17.9. The molecular formula is C26H27ClN2O2. The lowest BCUT2D eigenvalue weighted by Gasteiger charge is -2.29. The molecule has 0 radical (unpaired) electrons. The molecule has 1 heterocycles. The number of likely N-dealkylation sites (tertiary alicyclic amines) is 1. The molecule has 5 heteroatoms. The van der Waals surface area contributed by atoms with Crippen LogP contribution in [-0.4, -0.2) is 37.0 Å². The van der Waals surface area contributed by atoms with Crippen LogP contribution < -0.4 is 10.1 Å². The first kappa shape index (κ1) is 21.4. The maximum Gasteiger partial charge on any atom is 0.255 e. The SMILES string of the molecule is Cc1cc(C(=O)Nc2cccc(-c3ccc(OC4CCN(C)CC4)cc3)c2)ccc1Cl. The lowest BCUT2D eigenvalue weighted by atomic mass is 10.0. The zero-order valence-corrected chi connectivity index (χ0v) is 18.7. The minimum Gasteiger partial charge on any atom is -0.490 e. The molecule has 160 valence electrons. The molecule has 3 aromatic rings. The van der Waals surface area contributed by atoms with Crippen LogP contribution in [0.15, 0.2) is 66.7 Å². The van der Waals surface area contributed by atoms with Gasteiger partial charge in [0.25, 0.3) is 5.91 Å². The summed E-state index contributed by atoms with van der Waals surface area (Å²) < 4.78 is 6.14. The van der Waals surface area contributed by atoms with Crippen molar-refractivity contribution < 1.29 is 9.53 Å². The highest BCUT2D eigenvalue weighted by Gasteiger charge is 2.18. The third kappa shape index (κ3) is 5.46. The fourth-order valence-corrected chi connectivity index (χ4v) is 3.90. The van der Waals surface area contributed by atoms with E-state index in [0.29, 0.717) is 10.6 Å². The highest BCUT2D eigenvalue weighted by atomic mass is 35.5. The summed E-state index contributed by atoms with van der Waals surface area (Å²) in [6.07, 6.45) is 2.41. The summed E-state index contributed by atoms with van der Waals surface area (Å²) >= 11 is 6.06. The molecule has 1 saturated heterocycles. The molecule has 0 spiro atoms. The predicted octanol–water partition coefficient (Wildman–Crippen LogP) is 6.04. The number of halogens is 1. The van der Waals surface area contributed by atoms with Gasteiger partial charge in [0.2, 0.25) is 0 Å². The molecule has 1 fully saturated rings. The lowest BCUT2D eigenvalue weighted by molar-refractivity contribution is 0.102. The van der Waals surface area contributed by atoms with Crippen LogP contribution in [0.25, 0.3) is 11.1 Å². The van der Waals surface area contributed by atoms with E-state index >= 15 is 0 Å². The standard InChI is InChI=1S/C26H27ClN2O2/c1-18-16-21(8-11-25(18)27)26(30)28-22-5-3-4-20(17-22)19-6-9-23(10-7-19)31-24-12-14-29(2)15-13-24/h3-11,16-17,24H,12-15H2,1-2H3,(H,28,30). The molecule has 0 bridgehead atoms. The fourth-order valence-electron chi connectivity index (χ4n) is 3.79. The number of amides is 1. The Bertz CT molecular complexity index is 1060. The number of nitrogens with one attached hydrogen (secondary N) is 1. The molecule has 4 rings (SSSR count). The molecule has 0 saturated carbocycles. The first-order chi connectivity index (χ1) is 15.0. The van der Waals surface area contributed by atoms with Crippen LogP contribution >= 0.6 is 11.6 Å². The summed E-state index contributed by atoms with van der Waals surface area (Å²) in [4.78, 5) is 14.9. The molecule has 0 atom stereocenters. The van der Waals surface area contributed by atoms with Gasteiger partial charge in [-0.1, -0.05) is 35.9 Å². The van der Waals surface area contributed by atoms with Crippen LogP contribution in [0.1, 0.15) is 28.8 Å². The number of aryl methyl sites for hydroxylation is 1. The van der Waals surface area contributed by atoms with Crippen molar-refractivity contribution >= 4 is 23.2 Å². The summed E-state index contributed by atoms with van der Waals surface area (Å²) in [5, 5.41) is 3.63. The number of piperidine rings is 1. The van der Waals surface area contributed by atoms with Crippen LogP contribution in [-0.2, 0) is 0 Å². The molecule has 1 aliphatic heterocycles. The zero-order chi connectivity index (χ0) is 21.8. The monoisotopic (exact) mass is 434 g/mol. The fraction of sp³-hybridized carbons (Fsp3) is 0.269. The number of benzene rings is 3. The number of anilines is 1. The van der Waals surface area contributed by atoms with Gasteiger partial charge >= 0.3 is 0 Å². The lowest BCUT2D eigenvalue weighted by Crippen LogP contribution is -2.35. The molecule has 31 heavy (non-hydrogen) atoms. The van der Waals surface area contributed by atoms with Gasteiger partial charge in [0.1, 0.15) is 11.9 Å². The highest BCUT2D eigenvalue weighted by Crippen LogP contribution is 2.27. The Hall–Kier alpha value is -2.82. The molecule has 0 unspecified atom stereocenters. The summed E-state index contributed by atoms with van der Waals surface area (Å²) in [5.41, 5.74) is 4.33. The Morgan fingerprint density at radius 2 is 1.74 bits per heavy atom. The van der Waals surface area contributed by atoms with Crippen LogP contribution in [0.4, 0.5) is 5.69 Å². The van der Waals surface area contributed by atoms with Crippen LogP contribution in [0.5, 0.6) is 5.75 Å². The average Bonchev–Trinajstić information content (AvgIpc) is 2.78. The van der Waals surface area contributed by atoms with Crippen LogP contribution in [0.3, 0.4) is 0 Å². The molecule has 3 aromatic carbocycles. The van der Waals surface area contributed by atoms with Gasteiger partial charge in [-0.3, -0.25) is 4.79 Å². The molecule has 1 N–H and O–H groups in total. The second-order valence-corrected chi connectivity index (χ2v) is 8.55. The van der Waals surface area contributed by atoms with Gasteiger partial charge in [0.05, 0.1) is 0 Å². The van der Waals surface area contributed by atoms with Crippen molar-refractivity contribution in [1.82, 2.24) is 4.90 Å². The van der Waals surface area contributed by atoms with Crippen molar-refractivity contribution in [3.63, 3.8) is 0 Å². The number of carbonyl (C=O) groups excluding carboxylic acids is 1. The van der Waals surface area contributed by atoms with Gasteiger partial charge in [-0.25, -0.2) is 0 Å². The van der Waals surface area contributed by atoms with E-state index in [1.54, 1.807) is 18.2 Å². The second-order valence-electron chi connectivity index (χ2n) is 8.14. The summed E-state index contributed by atoms with van der Waals surface area (Å²) in [7, 11) is 2.15. The first-order valence-electron chi connectivity index (χ1n) is 10.6. The largest absolute Gasteiger partial charge is 0.490 e. The number of nitrogens with zero attached hydrogens (tertiary/aromatic N) is 1. The van der Waals surface area contributed by atoms with Gasteiger partial charge < -0.3 is 15.0 Å². The Morgan fingerprint density at radius 3 is 2.45 bits per heavy atom. The van der Waals surface area contributed by atoms with E-state index in [1.165, 1.54) is 0 Å². The number of rotatable bonds is 5. The summed E-state index contributed by atoms with van der Waals surface area (Å²) in [6.45, 7) is 4.05. The van der Waals surface area contributed by atoms with Crippen molar-refractivity contribution in [3.8, 4) is 16.9 Å². The maximum absolute atomic E-state index is 12.6. The predicted molar refractivity (Wildman–Crippen MR) is 127 cm³/mol. The minimum atomic E-state index is -0.154. The van der Waals surface area contributed by atoms with Gasteiger partial charge in [-0.15, -0.1) is 0 Å². The van der Waals surface area contributed by atoms with E-state index in [9.17, 15) is 4.79 Å². The van der Waals surface area contributed by atoms with Crippen molar-refractivity contribution in [1.29, 1.82) is 0 Å². The summed E-state index contributed by atoms with van der Waals surface area (Å²) in [6, 6.07) is 21.3. The smallest absolute Gasteiger partial charge is 0.255 e. The average molecular weight is 435 g/mol. The summed E-state index contributed by atoms with van der Waals surface area (Å²) in [5.74, 6) is 0.750. The van der Waals surface area contributed by atoms with E-state index in [-0.39, 0.29) is 12.0 Å². The van der Waals surface area contributed by atoms with Gasteiger partial charge in [0, 0.05) is 29.4 Å². The quantitative estimate of drug-likeness (QED) is 0.532. The number of carbonyl (C=O) groups is 1. The molecular weight excluding hydrogens is 408 g/mol. The van der Waals surface area contributed by atoms with Gasteiger partial charge in [0.15, 0.2) is 0 Å².